The molecule has 1 aromatic carbocycles. The van der Waals surface area contributed by atoms with E-state index < -0.39 is 0 Å². The van der Waals surface area contributed by atoms with Crippen LogP contribution in [0, 0.1) is 5.92 Å². The van der Waals surface area contributed by atoms with E-state index in [0.717, 1.165) is 29.8 Å². The van der Waals surface area contributed by atoms with E-state index in [2.05, 4.69) is 0 Å². The third-order valence-corrected chi connectivity index (χ3v) is 6.39. The van der Waals surface area contributed by atoms with Crippen LogP contribution in [0.15, 0.2) is 47.8 Å². The fourth-order valence-corrected chi connectivity index (χ4v) is 4.85. The van der Waals surface area contributed by atoms with Crippen LogP contribution in [0.1, 0.15) is 41.1 Å². The second kappa shape index (κ2) is 8.45. The van der Waals surface area contributed by atoms with Gasteiger partial charge in [-0.2, -0.15) is 0 Å². The van der Waals surface area contributed by atoms with E-state index in [1.165, 1.54) is 11.3 Å². The molecule has 6 heteroatoms. The molecule has 0 radical (unpaired) electrons. The number of thiophene rings is 1. The summed E-state index contributed by atoms with van der Waals surface area (Å²) in [7, 11) is 0. The number of nitrogens with zero attached hydrogens (tertiary/aromatic N) is 2. The summed E-state index contributed by atoms with van der Waals surface area (Å²) in [5.74, 6) is 0.0733. The summed E-state index contributed by atoms with van der Waals surface area (Å²) in [6, 6.07) is 13.8. The molecule has 2 aliphatic rings. The number of carbonyl (C=O) groups excluding carboxylic acids is 2. The van der Waals surface area contributed by atoms with Gasteiger partial charge in [-0.25, -0.2) is 0 Å². The molecule has 3 atom stereocenters. The molecule has 0 aliphatic carbocycles. The van der Waals surface area contributed by atoms with E-state index in [9.17, 15) is 9.59 Å². The van der Waals surface area contributed by atoms with Gasteiger partial charge in [0, 0.05) is 19.6 Å². The average molecular weight is 399 g/mol. The van der Waals surface area contributed by atoms with Crippen molar-refractivity contribution in [3.05, 3.63) is 58.3 Å². The Bertz CT molecular complexity index is 808. The highest BCUT2D eigenvalue weighted by molar-refractivity contribution is 7.12. The van der Waals surface area contributed by atoms with Crippen molar-refractivity contribution in [2.45, 2.75) is 32.0 Å². The molecular weight excluding hydrogens is 372 g/mol. The second-order valence-corrected chi connectivity index (χ2v) is 8.60. The number of ether oxygens (including phenoxy) is 1. The molecule has 2 saturated heterocycles. The predicted molar refractivity (Wildman–Crippen MR) is 109 cm³/mol. The minimum atomic E-state index is -0.126. The first-order valence-corrected chi connectivity index (χ1v) is 10.8. The van der Waals surface area contributed by atoms with Crippen molar-refractivity contribution >= 4 is 23.2 Å². The molecule has 148 valence electrons. The van der Waals surface area contributed by atoms with Crippen LogP contribution in [0.4, 0.5) is 0 Å². The van der Waals surface area contributed by atoms with Gasteiger partial charge in [-0.1, -0.05) is 36.4 Å². The van der Waals surface area contributed by atoms with Crippen LogP contribution in [-0.2, 0) is 9.53 Å². The normalized spacial score (nSPS) is 25.5. The second-order valence-electron chi connectivity index (χ2n) is 7.66. The lowest BCUT2D eigenvalue weighted by Gasteiger charge is -2.40. The highest BCUT2D eigenvalue weighted by Gasteiger charge is 2.35. The van der Waals surface area contributed by atoms with Gasteiger partial charge in [0.1, 0.15) is 6.10 Å². The molecule has 0 N–H and O–H groups in total. The number of hydrogen-bond donors (Lipinski definition) is 0. The Morgan fingerprint density at radius 1 is 1.04 bits per heavy atom. The maximum Gasteiger partial charge on any atom is 0.263 e. The van der Waals surface area contributed by atoms with Gasteiger partial charge >= 0.3 is 0 Å². The lowest BCUT2D eigenvalue weighted by atomic mass is 9.95. The zero-order valence-electron chi connectivity index (χ0n) is 16.1. The molecule has 5 nitrogen and oxygen atoms in total. The molecular formula is C22H26N2O3S. The van der Waals surface area contributed by atoms with Crippen LogP contribution in [0.5, 0.6) is 0 Å². The standard InChI is InChI=1S/C22H26N2O3S/c1-16-13-24(15-19(27-16)17-7-3-2-4-8-17)21(25)18-9-5-11-23(14-18)22(26)20-10-6-12-28-20/h2-4,6-8,10,12,16,18-19H,5,9,11,13-15H2,1H3. The molecule has 4 rings (SSSR count). The van der Waals surface area contributed by atoms with Crippen molar-refractivity contribution in [3.63, 3.8) is 0 Å². The molecule has 3 heterocycles. The third kappa shape index (κ3) is 4.13. The monoisotopic (exact) mass is 398 g/mol. The van der Waals surface area contributed by atoms with Crippen LogP contribution in [0.3, 0.4) is 0 Å². The number of rotatable bonds is 3. The summed E-state index contributed by atoms with van der Waals surface area (Å²) < 4.78 is 6.09. The van der Waals surface area contributed by atoms with Crippen molar-refractivity contribution in [2.75, 3.05) is 26.2 Å². The Morgan fingerprint density at radius 2 is 1.86 bits per heavy atom. The number of carbonyl (C=O) groups is 2. The average Bonchev–Trinajstić information content (AvgIpc) is 3.28. The van der Waals surface area contributed by atoms with E-state index in [0.29, 0.717) is 19.6 Å². The summed E-state index contributed by atoms with van der Waals surface area (Å²) >= 11 is 1.46. The van der Waals surface area contributed by atoms with Crippen LogP contribution in [0.2, 0.25) is 0 Å². The summed E-state index contributed by atoms with van der Waals surface area (Å²) in [5.41, 5.74) is 1.10. The maximum absolute atomic E-state index is 13.3. The molecule has 0 saturated carbocycles. The first-order chi connectivity index (χ1) is 13.6. The molecule has 2 fully saturated rings. The summed E-state index contributed by atoms with van der Waals surface area (Å²) in [5, 5.41) is 1.92. The van der Waals surface area contributed by atoms with Gasteiger partial charge in [-0.3, -0.25) is 9.59 Å². The summed E-state index contributed by atoms with van der Waals surface area (Å²) in [6.07, 6.45) is 1.61. The highest BCUT2D eigenvalue weighted by Crippen LogP contribution is 2.28. The molecule has 3 unspecified atom stereocenters. The smallest absolute Gasteiger partial charge is 0.263 e. The molecule has 0 spiro atoms. The number of hydrogen-bond acceptors (Lipinski definition) is 4. The molecule has 1 aromatic heterocycles. The molecule has 28 heavy (non-hydrogen) atoms. The van der Waals surface area contributed by atoms with E-state index >= 15 is 0 Å². The Labute approximate surface area is 169 Å². The Hall–Kier alpha value is -2.18. The zero-order valence-corrected chi connectivity index (χ0v) is 16.9. The number of amides is 2. The van der Waals surface area contributed by atoms with Crippen LogP contribution < -0.4 is 0 Å². The van der Waals surface area contributed by atoms with Crippen LogP contribution >= 0.6 is 11.3 Å². The van der Waals surface area contributed by atoms with Gasteiger partial charge in [0.25, 0.3) is 5.91 Å². The minimum absolute atomic E-state index is 0.00431. The van der Waals surface area contributed by atoms with E-state index in [1.54, 1.807) is 0 Å². The first kappa shape index (κ1) is 19.2. The highest BCUT2D eigenvalue weighted by atomic mass is 32.1. The predicted octanol–water partition coefficient (Wildman–Crippen LogP) is 3.59. The topological polar surface area (TPSA) is 49.9 Å². The van der Waals surface area contributed by atoms with Gasteiger partial charge in [0.15, 0.2) is 0 Å². The number of morpholine rings is 1. The Morgan fingerprint density at radius 3 is 2.61 bits per heavy atom. The van der Waals surface area contributed by atoms with Crippen molar-refractivity contribution < 1.29 is 14.3 Å². The lowest BCUT2D eigenvalue weighted by Crippen LogP contribution is -2.51. The number of piperidine rings is 1. The molecule has 2 aliphatic heterocycles. The summed E-state index contributed by atoms with van der Waals surface area (Å²) in [6.45, 7) is 4.44. The lowest BCUT2D eigenvalue weighted by molar-refractivity contribution is -0.150. The van der Waals surface area contributed by atoms with Gasteiger partial charge in [-0.05, 0) is 36.8 Å². The van der Waals surface area contributed by atoms with Crippen molar-refractivity contribution in [1.29, 1.82) is 0 Å². The summed E-state index contributed by atoms with van der Waals surface area (Å²) in [4.78, 5) is 30.5. The van der Waals surface area contributed by atoms with Gasteiger partial charge in [0.05, 0.1) is 23.4 Å². The van der Waals surface area contributed by atoms with Crippen molar-refractivity contribution in [1.82, 2.24) is 9.80 Å². The quantitative estimate of drug-likeness (QED) is 0.794. The van der Waals surface area contributed by atoms with E-state index in [1.807, 2.05) is 64.6 Å². The minimum Gasteiger partial charge on any atom is -0.367 e. The third-order valence-electron chi connectivity index (χ3n) is 5.53. The van der Waals surface area contributed by atoms with E-state index in [4.69, 9.17) is 4.74 Å². The molecule has 2 aromatic rings. The Kier molecular flexibility index (Phi) is 5.78. The van der Waals surface area contributed by atoms with E-state index in [-0.39, 0.29) is 29.9 Å². The van der Waals surface area contributed by atoms with Crippen molar-refractivity contribution in [2.24, 2.45) is 5.92 Å². The van der Waals surface area contributed by atoms with Crippen LogP contribution in [0.25, 0.3) is 0 Å². The Balaban J connectivity index is 1.43. The maximum atomic E-state index is 13.3. The fraction of sp³-hybridized carbons (Fsp3) is 0.455. The largest absolute Gasteiger partial charge is 0.367 e. The molecule has 2 amide bonds. The van der Waals surface area contributed by atoms with Crippen LogP contribution in [-0.4, -0.2) is 53.9 Å². The molecule has 0 bridgehead atoms. The van der Waals surface area contributed by atoms with Gasteiger partial charge in [0.2, 0.25) is 5.91 Å². The zero-order chi connectivity index (χ0) is 19.5. The van der Waals surface area contributed by atoms with Gasteiger partial charge < -0.3 is 14.5 Å². The fourth-order valence-electron chi connectivity index (χ4n) is 4.16. The SMILES string of the molecule is CC1CN(C(=O)C2CCCN(C(=O)c3cccs3)C2)CC(c2ccccc2)O1. The number of benzene rings is 1. The van der Waals surface area contributed by atoms with Crippen molar-refractivity contribution in [3.8, 4) is 0 Å². The number of likely N-dealkylation sites (tertiary alicyclic amines) is 1. The van der Waals surface area contributed by atoms with Gasteiger partial charge in [-0.15, -0.1) is 11.3 Å². The first-order valence-electron chi connectivity index (χ1n) is 9.94.